The van der Waals surface area contributed by atoms with Gasteiger partial charge in [0.1, 0.15) is 6.61 Å². The van der Waals surface area contributed by atoms with Gasteiger partial charge in [0.05, 0.1) is 6.04 Å². The van der Waals surface area contributed by atoms with Crippen molar-refractivity contribution in [1.82, 2.24) is 5.32 Å². The van der Waals surface area contributed by atoms with Gasteiger partial charge in [0.25, 0.3) is 5.91 Å². The molecule has 1 saturated carbocycles. The molecule has 1 fully saturated rings. The molecule has 0 bridgehead atoms. The van der Waals surface area contributed by atoms with E-state index in [1.165, 1.54) is 12.1 Å². The summed E-state index contributed by atoms with van der Waals surface area (Å²) in [6, 6.07) is 12.6. The number of benzene rings is 2. The van der Waals surface area contributed by atoms with Crippen molar-refractivity contribution in [2.24, 2.45) is 11.8 Å². The number of hydrogen-bond acceptors (Lipinski definition) is 3. The SMILES string of the molecule is CC(COc1ccccc1F)NC(=O)c1cccc(NC(=O)C2CC2C)c1. The molecule has 2 N–H and O–H groups in total. The molecule has 142 valence electrons. The van der Waals surface area contributed by atoms with Crippen molar-refractivity contribution in [2.75, 3.05) is 11.9 Å². The Labute approximate surface area is 157 Å². The normalized spacial score (nSPS) is 19.1. The second-order valence-corrected chi connectivity index (χ2v) is 7.01. The summed E-state index contributed by atoms with van der Waals surface area (Å²) < 4.78 is 19.0. The molecule has 2 aromatic carbocycles. The van der Waals surface area contributed by atoms with Crippen LogP contribution in [-0.2, 0) is 4.79 Å². The van der Waals surface area contributed by atoms with Crippen LogP contribution in [0.2, 0.25) is 0 Å². The number of amides is 2. The van der Waals surface area contributed by atoms with Crippen molar-refractivity contribution < 1.29 is 18.7 Å². The Balaban J connectivity index is 1.53. The largest absolute Gasteiger partial charge is 0.488 e. The first kappa shape index (κ1) is 18.9. The van der Waals surface area contributed by atoms with Gasteiger partial charge in [-0.15, -0.1) is 0 Å². The van der Waals surface area contributed by atoms with E-state index in [0.717, 1.165) is 6.42 Å². The maximum absolute atomic E-state index is 13.6. The maximum atomic E-state index is 13.6. The van der Waals surface area contributed by atoms with Gasteiger partial charge in [-0.25, -0.2) is 4.39 Å². The fourth-order valence-corrected chi connectivity index (χ4v) is 2.79. The van der Waals surface area contributed by atoms with Crippen molar-refractivity contribution >= 4 is 17.5 Å². The molecular formula is C21H23FN2O3. The minimum Gasteiger partial charge on any atom is -0.488 e. The van der Waals surface area contributed by atoms with Crippen LogP contribution in [0.3, 0.4) is 0 Å². The fraction of sp³-hybridized carbons (Fsp3) is 0.333. The number of ether oxygens (including phenoxy) is 1. The first-order valence-corrected chi connectivity index (χ1v) is 9.03. The lowest BCUT2D eigenvalue weighted by molar-refractivity contribution is -0.117. The number of para-hydroxylation sites is 1. The molecule has 2 amide bonds. The highest BCUT2D eigenvalue weighted by atomic mass is 19.1. The smallest absolute Gasteiger partial charge is 0.251 e. The van der Waals surface area contributed by atoms with Crippen molar-refractivity contribution in [3.05, 3.63) is 59.9 Å². The van der Waals surface area contributed by atoms with Gasteiger partial charge < -0.3 is 15.4 Å². The highest BCUT2D eigenvalue weighted by Crippen LogP contribution is 2.38. The molecule has 0 saturated heterocycles. The zero-order valence-electron chi connectivity index (χ0n) is 15.4. The van der Waals surface area contributed by atoms with Crippen molar-refractivity contribution in [2.45, 2.75) is 26.3 Å². The predicted molar refractivity (Wildman–Crippen MR) is 101 cm³/mol. The fourth-order valence-electron chi connectivity index (χ4n) is 2.79. The molecule has 2 aromatic rings. The quantitative estimate of drug-likeness (QED) is 0.782. The van der Waals surface area contributed by atoms with Crippen LogP contribution in [0.15, 0.2) is 48.5 Å². The molecule has 0 aliphatic heterocycles. The lowest BCUT2D eigenvalue weighted by atomic mass is 10.1. The van der Waals surface area contributed by atoms with E-state index in [9.17, 15) is 14.0 Å². The summed E-state index contributed by atoms with van der Waals surface area (Å²) in [5, 5.41) is 5.66. The first-order chi connectivity index (χ1) is 12.9. The van der Waals surface area contributed by atoms with E-state index >= 15 is 0 Å². The minimum absolute atomic E-state index is 0.00767. The summed E-state index contributed by atoms with van der Waals surface area (Å²) in [6.45, 7) is 3.96. The topological polar surface area (TPSA) is 67.4 Å². The summed E-state index contributed by atoms with van der Waals surface area (Å²) in [5.41, 5.74) is 1.04. The van der Waals surface area contributed by atoms with E-state index in [1.807, 2.05) is 6.92 Å². The predicted octanol–water partition coefficient (Wildman–Crippen LogP) is 3.62. The molecule has 5 nitrogen and oxygen atoms in total. The van der Waals surface area contributed by atoms with E-state index < -0.39 is 5.82 Å². The standard InChI is InChI=1S/C21H23FN2O3/c1-13-10-17(13)21(26)24-16-7-5-6-15(11-16)20(25)23-14(2)12-27-19-9-4-3-8-18(19)22/h3-9,11,13-14,17H,10,12H2,1-2H3,(H,23,25)(H,24,26). The third kappa shape index (κ3) is 5.06. The number of halogens is 1. The Morgan fingerprint density at radius 2 is 1.96 bits per heavy atom. The maximum Gasteiger partial charge on any atom is 0.251 e. The highest BCUT2D eigenvalue weighted by Gasteiger charge is 2.39. The molecule has 3 rings (SSSR count). The van der Waals surface area contributed by atoms with Gasteiger partial charge in [-0.3, -0.25) is 9.59 Å². The zero-order valence-corrected chi connectivity index (χ0v) is 15.4. The van der Waals surface area contributed by atoms with Gasteiger partial charge in [0.15, 0.2) is 11.6 Å². The van der Waals surface area contributed by atoms with Crippen molar-refractivity contribution in [1.29, 1.82) is 0 Å². The van der Waals surface area contributed by atoms with E-state index in [2.05, 4.69) is 10.6 Å². The zero-order chi connectivity index (χ0) is 19.4. The van der Waals surface area contributed by atoms with E-state index in [0.29, 0.717) is 17.2 Å². The van der Waals surface area contributed by atoms with Crippen LogP contribution in [0.5, 0.6) is 5.75 Å². The van der Waals surface area contributed by atoms with Crippen LogP contribution in [0.25, 0.3) is 0 Å². The second-order valence-electron chi connectivity index (χ2n) is 7.01. The van der Waals surface area contributed by atoms with Crippen LogP contribution in [0.4, 0.5) is 10.1 Å². The summed E-state index contributed by atoms with van der Waals surface area (Å²) in [6.07, 6.45) is 0.908. The Bertz CT molecular complexity index is 840. The Hall–Kier alpha value is -2.89. The third-order valence-electron chi connectivity index (χ3n) is 4.54. The molecular weight excluding hydrogens is 347 g/mol. The van der Waals surface area contributed by atoms with Crippen LogP contribution in [0, 0.1) is 17.7 Å². The van der Waals surface area contributed by atoms with Crippen LogP contribution in [-0.4, -0.2) is 24.5 Å². The molecule has 3 atom stereocenters. The van der Waals surface area contributed by atoms with Gasteiger partial charge >= 0.3 is 0 Å². The van der Waals surface area contributed by atoms with Crippen molar-refractivity contribution in [3.8, 4) is 5.75 Å². The summed E-state index contributed by atoms with van der Waals surface area (Å²) >= 11 is 0. The van der Waals surface area contributed by atoms with Crippen LogP contribution < -0.4 is 15.4 Å². The number of rotatable bonds is 7. The average molecular weight is 370 g/mol. The molecule has 1 aliphatic carbocycles. The summed E-state index contributed by atoms with van der Waals surface area (Å²) in [5.74, 6) is -0.0888. The highest BCUT2D eigenvalue weighted by molar-refractivity contribution is 5.98. The molecule has 6 heteroatoms. The first-order valence-electron chi connectivity index (χ1n) is 9.03. The average Bonchev–Trinajstić information content (AvgIpc) is 3.38. The van der Waals surface area contributed by atoms with E-state index in [4.69, 9.17) is 4.74 Å². The van der Waals surface area contributed by atoms with Gasteiger partial charge in [0, 0.05) is 17.2 Å². The second kappa shape index (κ2) is 8.20. The van der Waals surface area contributed by atoms with Crippen LogP contribution >= 0.6 is 0 Å². The van der Waals surface area contributed by atoms with Crippen molar-refractivity contribution in [3.63, 3.8) is 0 Å². The lowest BCUT2D eigenvalue weighted by Gasteiger charge is -2.16. The molecule has 27 heavy (non-hydrogen) atoms. The Morgan fingerprint density at radius 3 is 2.67 bits per heavy atom. The van der Waals surface area contributed by atoms with Gasteiger partial charge in [0.2, 0.25) is 5.91 Å². The third-order valence-corrected chi connectivity index (χ3v) is 4.54. The van der Waals surface area contributed by atoms with E-state index in [1.54, 1.807) is 43.3 Å². The Morgan fingerprint density at radius 1 is 1.22 bits per heavy atom. The molecule has 0 heterocycles. The molecule has 0 aromatic heterocycles. The number of carbonyl (C=O) groups is 2. The molecule has 0 spiro atoms. The van der Waals surface area contributed by atoms with Gasteiger partial charge in [-0.1, -0.05) is 25.1 Å². The molecule has 1 aliphatic rings. The van der Waals surface area contributed by atoms with Gasteiger partial charge in [-0.05, 0) is 49.6 Å². The lowest BCUT2D eigenvalue weighted by Crippen LogP contribution is -2.36. The molecule has 3 unspecified atom stereocenters. The number of nitrogens with one attached hydrogen (secondary N) is 2. The summed E-state index contributed by atoms with van der Waals surface area (Å²) in [7, 11) is 0. The molecule has 0 radical (unpaired) electrons. The number of hydrogen-bond donors (Lipinski definition) is 2. The van der Waals surface area contributed by atoms with Crippen LogP contribution in [0.1, 0.15) is 30.6 Å². The van der Waals surface area contributed by atoms with E-state index in [-0.39, 0.29) is 36.1 Å². The number of carbonyl (C=O) groups excluding carboxylic acids is 2. The minimum atomic E-state index is -0.440. The summed E-state index contributed by atoms with van der Waals surface area (Å²) in [4.78, 5) is 24.4. The monoisotopic (exact) mass is 370 g/mol. The Kier molecular flexibility index (Phi) is 5.74. The van der Waals surface area contributed by atoms with Gasteiger partial charge in [-0.2, -0.15) is 0 Å². The number of anilines is 1.